The number of ether oxygens (including phenoxy) is 1. The smallest absolute Gasteiger partial charge is 0.305 e. The summed E-state index contributed by atoms with van der Waals surface area (Å²) >= 11 is 0. The monoisotopic (exact) mass is 243 g/mol. The first-order valence-corrected chi connectivity index (χ1v) is 5.15. The maximum atomic E-state index is 11.8. The molecule has 0 saturated heterocycles. The Labute approximate surface area is 99.7 Å². The van der Waals surface area contributed by atoms with Gasteiger partial charge >= 0.3 is 5.97 Å². The van der Waals surface area contributed by atoms with Crippen LogP contribution in [0.3, 0.4) is 0 Å². The van der Waals surface area contributed by atoms with Crippen molar-refractivity contribution in [1.82, 2.24) is 4.90 Å². The second kappa shape index (κ2) is 8.50. The molecular formula is C10H17N3O4. The number of nitrogens with two attached hydrogens (primary N) is 1. The van der Waals surface area contributed by atoms with Crippen molar-refractivity contribution in [3.05, 3.63) is 0 Å². The van der Waals surface area contributed by atoms with Crippen LogP contribution in [-0.4, -0.2) is 54.7 Å². The Balaban J connectivity index is 4.39. The Morgan fingerprint density at radius 3 is 2.65 bits per heavy atom. The first kappa shape index (κ1) is 15.3. The molecular weight excluding hydrogens is 226 g/mol. The Morgan fingerprint density at radius 2 is 2.18 bits per heavy atom. The lowest BCUT2D eigenvalue weighted by molar-refractivity contribution is -0.142. The number of aliphatic carboxylic acids is 1. The van der Waals surface area contributed by atoms with Gasteiger partial charge in [-0.1, -0.05) is 0 Å². The fraction of sp³-hybridized carbons (Fsp3) is 0.700. The van der Waals surface area contributed by atoms with Gasteiger partial charge in [0.2, 0.25) is 5.91 Å². The third kappa shape index (κ3) is 6.50. The minimum Gasteiger partial charge on any atom is -0.481 e. The van der Waals surface area contributed by atoms with Crippen LogP contribution < -0.4 is 5.73 Å². The zero-order valence-electron chi connectivity index (χ0n) is 9.76. The third-order valence-corrected chi connectivity index (χ3v) is 2.08. The number of hydrogen-bond acceptors (Lipinski definition) is 5. The summed E-state index contributed by atoms with van der Waals surface area (Å²) in [5, 5.41) is 17.0. The van der Waals surface area contributed by atoms with Crippen LogP contribution in [0.5, 0.6) is 0 Å². The summed E-state index contributed by atoms with van der Waals surface area (Å²) in [4.78, 5) is 23.5. The van der Waals surface area contributed by atoms with Gasteiger partial charge in [0.05, 0.1) is 31.6 Å². The highest BCUT2D eigenvalue weighted by Crippen LogP contribution is 1.99. The van der Waals surface area contributed by atoms with Gasteiger partial charge in [0.15, 0.2) is 0 Å². The zero-order valence-corrected chi connectivity index (χ0v) is 9.76. The van der Waals surface area contributed by atoms with Crippen molar-refractivity contribution in [2.75, 3.05) is 26.8 Å². The predicted molar refractivity (Wildman–Crippen MR) is 58.9 cm³/mol. The van der Waals surface area contributed by atoms with Gasteiger partial charge < -0.3 is 20.5 Å². The molecule has 1 atom stereocenters. The highest BCUT2D eigenvalue weighted by molar-refractivity contribution is 5.86. The van der Waals surface area contributed by atoms with Crippen molar-refractivity contribution in [3.63, 3.8) is 0 Å². The molecule has 0 aliphatic rings. The summed E-state index contributed by atoms with van der Waals surface area (Å²) in [6.45, 7) is 0.841. The average Bonchev–Trinajstić information content (AvgIpc) is 2.27. The lowest BCUT2D eigenvalue weighted by Gasteiger charge is -2.23. The molecule has 96 valence electrons. The molecule has 0 radical (unpaired) electrons. The van der Waals surface area contributed by atoms with Crippen LogP contribution in [-0.2, 0) is 14.3 Å². The Kier molecular flexibility index (Phi) is 7.67. The van der Waals surface area contributed by atoms with E-state index in [9.17, 15) is 9.59 Å². The SMILES string of the molecule is COCCN(CCC#N)C(=O)C(N)CC(=O)O. The molecule has 0 aromatic rings. The molecule has 0 bridgehead atoms. The van der Waals surface area contributed by atoms with Crippen LogP contribution in [0.15, 0.2) is 0 Å². The van der Waals surface area contributed by atoms with E-state index in [0.717, 1.165) is 0 Å². The molecule has 0 saturated carbocycles. The topological polar surface area (TPSA) is 117 Å². The van der Waals surface area contributed by atoms with Gasteiger partial charge in [-0.05, 0) is 0 Å². The van der Waals surface area contributed by atoms with Gasteiger partial charge in [-0.2, -0.15) is 5.26 Å². The Bertz CT molecular complexity index is 300. The van der Waals surface area contributed by atoms with E-state index in [2.05, 4.69) is 0 Å². The van der Waals surface area contributed by atoms with Crippen LogP contribution in [0.25, 0.3) is 0 Å². The van der Waals surface area contributed by atoms with Crippen LogP contribution in [0.1, 0.15) is 12.8 Å². The first-order chi connectivity index (χ1) is 8.02. The lowest BCUT2D eigenvalue weighted by Crippen LogP contribution is -2.46. The minimum absolute atomic E-state index is 0.176. The Morgan fingerprint density at radius 1 is 1.53 bits per heavy atom. The van der Waals surface area contributed by atoms with E-state index < -0.39 is 24.3 Å². The number of carbonyl (C=O) groups is 2. The third-order valence-electron chi connectivity index (χ3n) is 2.08. The molecule has 0 fully saturated rings. The number of amides is 1. The van der Waals surface area contributed by atoms with Crippen molar-refractivity contribution in [2.45, 2.75) is 18.9 Å². The Hall–Kier alpha value is -1.65. The van der Waals surface area contributed by atoms with Crippen LogP contribution >= 0.6 is 0 Å². The molecule has 7 nitrogen and oxygen atoms in total. The molecule has 0 aliphatic carbocycles. The number of hydrogen-bond donors (Lipinski definition) is 2. The van der Waals surface area contributed by atoms with Crippen LogP contribution in [0.2, 0.25) is 0 Å². The standard InChI is InChI=1S/C10H17N3O4/c1-17-6-5-13(4-2-3-11)10(16)8(12)7-9(14)15/h8H,2,4-7,12H2,1H3,(H,14,15). The molecule has 1 amide bonds. The van der Waals surface area contributed by atoms with Crippen LogP contribution in [0, 0.1) is 11.3 Å². The molecule has 0 rings (SSSR count). The van der Waals surface area contributed by atoms with E-state index in [1.165, 1.54) is 12.0 Å². The van der Waals surface area contributed by atoms with Crippen molar-refractivity contribution in [3.8, 4) is 6.07 Å². The molecule has 0 aliphatic heterocycles. The number of nitrogens with zero attached hydrogens (tertiary/aromatic N) is 2. The number of carboxylic acid groups (broad SMARTS) is 1. The largest absolute Gasteiger partial charge is 0.481 e. The average molecular weight is 243 g/mol. The molecule has 0 aromatic heterocycles. The van der Waals surface area contributed by atoms with E-state index in [-0.39, 0.29) is 13.0 Å². The lowest BCUT2D eigenvalue weighted by atomic mass is 10.2. The number of carboxylic acids is 1. The summed E-state index contributed by atoms with van der Waals surface area (Å²) in [6, 6.07) is 0.837. The molecule has 0 heterocycles. The summed E-state index contributed by atoms with van der Waals surface area (Å²) in [7, 11) is 1.49. The summed E-state index contributed by atoms with van der Waals surface area (Å²) < 4.78 is 4.83. The molecule has 0 aromatic carbocycles. The maximum Gasteiger partial charge on any atom is 0.305 e. The van der Waals surface area contributed by atoms with Gasteiger partial charge in [-0.15, -0.1) is 0 Å². The highest BCUT2D eigenvalue weighted by atomic mass is 16.5. The zero-order chi connectivity index (χ0) is 13.3. The van der Waals surface area contributed by atoms with E-state index in [0.29, 0.717) is 13.2 Å². The number of methoxy groups -OCH3 is 1. The molecule has 3 N–H and O–H groups in total. The second-order valence-electron chi connectivity index (χ2n) is 3.43. The first-order valence-electron chi connectivity index (χ1n) is 5.15. The van der Waals surface area contributed by atoms with Gasteiger partial charge in [0.1, 0.15) is 0 Å². The van der Waals surface area contributed by atoms with Gasteiger partial charge in [0.25, 0.3) is 0 Å². The molecule has 7 heteroatoms. The van der Waals surface area contributed by atoms with E-state index in [4.69, 9.17) is 20.8 Å². The normalized spacial score (nSPS) is 11.6. The summed E-state index contributed by atoms with van der Waals surface area (Å²) in [5.74, 6) is -1.60. The highest BCUT2D eigenvalue weighted by Gasteiger charge is 2.22. The van der Waals surface area contributed by atoms with Gasteiger partial charge in [-0.3, -0.25) is 9.59 Å². The van der Waals surface area contributed by atoms with E-state index in [1.807, 2.05) is 6.07 Å². The number of carbonyl (C=O) groups excluding carboxylic acids is 1. The minimum atomic E-state index is -1.13. The second-order valence-corrected chi connectivity index (χ2v) is 3.43. The molecule has 1 unspecified atom stereocenters. The van der Waals surface area contributed by atoms with E-state index >= 15 is 0 Å². The molecule has 0 spiro atoms. The van der Waals surface area contributed by atoms with Crippen molar-refractivity contribution >= 4 is 11.9 Å². The number of nitriles is 1. The predicted octanol–water partition coefficient (Wildman–Crippen LogP) is -0.823. The van der Waals surface area contributed by atoms with Gasteiger partial charge in [0, 0.05) is 20.2 Å². The summed E-state index contributed by atoms with van der Waals surface area (Å²) in [6.07, 6.45) is -0.246. The van der Waals surface area contributed by atoms with Crippen LogP contribution in [0.4, 0.5) is 0 Å². The summed E-state index contributed by atoms with van der Waals surface area (Å²) in [5.41, 5.74) is 5.47. The number of rotatable bonds is 8. The molecule has 17 heavy (non-hydrogen) atoms. The van der Waals surface area contributed by atoms with Crippen molar-refractivity contribution < 1.29 is 19.4 Å². The van der Waals surface area contributed by atoms with Gasteiger partial charge in [-0.25, -0.2) is 0 Å². The van der Waals surface area contributed by atoms with Crippen molar-refractivity contribution in [2.24, 2.45) is 5.73 Å². The van der Waals surface area contributed by atoms with E-state index in [1.54, 1.807) is 0 Å². The maximum absolute atomic E-state index is 11.8. The van der Waals surface area contributed by atoms with Crippen molar-refractivity contribution in [1.29, 1.82) is 5.26 Å². The fourth-order valence-electron chi connectivity index (χ4n) is 1.23. The quantitative estimate of drug-likeness (QED) is 0.575. The fourth-order valence-corrected chi connectivity index (χ4v) is 1.23.